The van der Waals surface area contributed by atoms with Crippen LogP contribution in [0.5, 0.6) is 0 Å². The molecule has 1 aromatic heterocycles. The maximum Gasteiger partial charge on any atom is 0.256 e. The zero-order valence-electron chi connectivity index (χ0n) is 12.6. The lowest BCUT2D eigenvalue weighted by molar-refractivity contribution is 0.0366. The number of thiophene rings is 1. The molecular weight excluding hydrogens is 294 g/mol. The fraction of sp³-hybridized carbons (Fsp3) is 0.538. The molecule has 0 aromatic carbocycles. The number of anilines is 2. The van der Waals surface area contributed by atoms with E-state index in [9.17, 15) is 9.59 Å². The van der Waals surface area contributed by atoms with Crippen LogP contribution in [0.3, 0.4) is 0 Å². The van der Waals surface area contributed by atoms with Crippen LogP contribution in [0, 0.1) is 0 Å². The molecule has 0 saturated heterocycles. The van der Waals surface area contributed by atoms with Crippen molar-refractivity contribution in [3.05, 3.63) is 10.4 Å². The lowest BCUT2D eigenvalue weighted by Gasteiger charge is -2.15. The van der Waals surface area contributed by atoms with Crippen LogP contribution in [0.2, 0.25) is 0 Å². The summed E-state index contributed by atoms with van der Waals surface area (Å²) in [5, 5.41) is 6.17. The van der Waals surface area contributed by atoms with Crippen LogP contribution in [0.1, 0.15) is 27.0 Å². The molecule has 0 spiro atoms. The van der Waals surface area contributed by atoms with Gasteiger partial charge in [0.15, 0.2) is 5.78 Å². The number of nitrogens with two attached hydrogens (primary N) is 1. The van der Waals surface area contributed by atoms with Gasteiger partial charge in [0.05, 0.1) is 28.8 Å². The molecule has 0 aliphatic carbocycles. The Morgan fingerprint density at radius 1 is 1.38 bits per heavy atom. The number of nitrogen functional groups attached to an aromatic ring is 1. The third-order valence-corrected chi connectivity index (χ3v) is 4.16. The molecule has 1 heterocycles. The highest BCUT2D eigenvalue weighted by Crippen LogP contribution is 2.36. The first-order valence-corrected chi connectivity index (χ1v) is 7.18. The summed E-state index contributed by atoms with van der Waals surface area (Å²) in [5.41, 5.74) is 6.41. The third-order valence-electron chi connectivity index (χ3n) is 2.90. The number of methoxy groups -OCH3 is 2. The van der Waals surface area contributed by atoms with Gasteiger partial charge in [-0.3, -0.25) is 9.59 Å². The molecule has 1 rings (SSSR count). The standard InChI is InChI=1S/C13H21N3O4S/c1-7(17)11-10(14)9(12(18)15-2)13(21-11)16-5-8(20-4)6-19-3/h8,16H,5-6,14H2,1-4H3,(H,15,18). The van der Waals surface area contributed by atoms with E-state index in [1.165, 1.54) is 25.3 Å². The van der Waals surface area contributed by atoms with Crippen LogP contribution < -0.4 is 16.4 Å². The second kappa shape index (κ2) is 7.96. The van der Waals surface area contributed by atoms with E-state index in [4.69, 9.17) is 15.2 Å². The summed E-state index contributed by atoms with van der Waals surface area (Å²) in [4.78, 5) is 23.9. The Balaban J connectivity index is 3.02. The van der Waals surface area contributed by atoms with Gasteiger partial charge < -0.3 is 25.8 Å². The van der Waals surface area contributed by atoms with Crippen LogP contribution in [0.4, 0.5) is 10.7 Å². The summed E-state index contributed by atoms with van der Waals surface area (Å²) >= 11 is 1.17. The van der Waals surface area contributed by atoms with E-state index in [1.807, 2.05) is 0 Å². The first kappa shape index (κ1) is 17.4. The Kier molecular flexibility index (Phi) is 6.60. The van der Waals surface area contributed by atoms with E-state index in [2.05, 4.69) is 10.6 Å². The summed E-state index contributed by atoms with van der Waals surface area (Å²) in [5.74, 6) is -0.504. The van der Waals surface area contributed by atoms with Crippen molar-refractivity contribution in [3.8, 4) is 0 Å². The predicted octanol–water partition coefficient (Wildman–Crippen LogP) is 0.966. The molecule has 1 unspecified atom stereocenters. The van der Waals surface area contributed by atoms with Gasteiger partial charge in [-0.1, -0.05) is 0 Å². The number of rotatable bonds is 8. The lowest BCUT2D eigenvalue weighted by Crippen LogP contribution is -2.27. The topological polar surface area (TPSA) is 103 Å². The monoisotopic (exact) mass is 315 g/mol. The number of carbonyl (C=O) groups is 2. The number of amides is 1. The van der Waals surface area contributed by atoms with Gasteiger partial charge in [-0.05, 0) is 0 Å². The van der Waals surface area contributed by atoms with E-state index in [-0.39, 0.29) is 23.5 Å². The average Bonchev–Trinajstić information content (AvgIpc) is 2.79. The first-order chi connectivity index (χ1) is 9.96. The number of ketones is 1. The van der Waals surface area contributed by atoms with Crippen LogP contribution in [-0.4, -0.2) is 52.2 Å². The molecule has 0 aliphatic heterocycles. The number of hydrogen-bond acceptors (Lipinski definition) is 7. The van der Waals surface area contributed by atoms with Crippen LogP contribution in [0.25, 0.3) is 0 Å². The molecule has 0 radical (unpaired) electrons. The van der Waals surface area contributed by atoms with Gasteiger partial charge >= 0.3 is 0 Å². The number of hydrogen-bond donors (Lipinski definition) is 3. The van der Waals surface area contributed by atoms with E-state index >= 15 is 0 Å². The summed E-state index contributed by atoms with van der Waals surface area (Å²) in [6.07, 6.45) is -0.170. The summed E-state index contributed by atoms with van der Waals surface area (Å²) in [6, 6.07) is 0. The molecule has 1 atom stereocenters. The van der Waals surface area contributed by atoms with Crippen molar-refractivity contribution < 1.29 is 19.1 Å². The summed E-state index contributed by atoms with van der Waals surface area (Å²) in [6.45, 7) is 2.27. The van der Waals surface area contributed by atoms with Crippen molar-refractivity contribution >= 4 is 33.7 Å². The van der Waals surface area contributed by atoms with Crippen LogP contribution >= 0.6 is 11.3 Å². The van der Waals surface area contributed by atoms with Gasteiger partial charge in [0.2, 0.25) is 0 Å². The van der Waals surface area contributed by atoms with Gasteiger partial charge in [-0.2, -0.15) is 0 Å². The molecule has 0 bridgehead atoms. The maximum absolute atomic E-state index is 11.9. The molecule has 1 aromatic rings. The minimum atomic E-state index is -0.334. The second-order valence-electron chi connectivity index (χ2n) is 4.38. The Morgan fingerprint density at radius 3 is 2.52 bits per heavy atom. The SMILES string of the molecule is CNC(=O)c1c(NCC(COC)OC)sc(C(C)=O)c1N. The molecule has 0 saturated carbocycles. The molecule has 8 heteroatoms. The number of carbonyl (C=O) groups excluding carboxylic acids is 2. The molecule has 7 nitrogen and oxygen atoms in total. The van der Waals surface area contributed by atoms with Crippen molar-refractivity contribution in [1.82, 2.24) is 5.32 Å². The van der Waals surface area contributed by atoms with E-state index in [0.29, 0.717) is 28.6 Å². The molecular formula is C13H21N3O4S. The van der Waals surface area contributed by atoms with Crippen LogP contribution in [0.15, 0.2) is 0 Å². The lowest BCUT2D eigenvalue weighted by atomic mass is 10.2. The van der Waals surface area contributed by atoms with Crippen molar-refractivity contribution in [2.75, 3.05) is 45.5 Å². The Bertz CT molecular complexity index is 516. The number of nitrogens with one attached hydrogen (secondary N) is 2. The Hall–Kier alpha value is -1.64. The normalized spacial score (nSPS) is 12.0. The average molecular weight is 315 g/mol. The molecule has 0 aliphatic rings. The van der Waals surface area contributed by atoms with Gasteiger partial charge in [0.25, 0.3) is 5.91 Å². The Labute approximate surface area is 127 Å². The second-order valence-corrected chi connectivity index (χ2v) is 5.40. The molecule has 0 fully saturated rings. The van der Waals surface area contributed by atoms with Crippen molar-refractivity contribution in [1.29, 1.82) is 0 Å². The van der Waals surface area contributed by atoms with E-state index in [0.717, 1.165) is 0 Å². The predicted molar refractivity (Wildman–Crippen MR) is 83.3 cm³/mol. The van der Waals surface area contributed by atoms with Crippen LogP contribution in [-0.2, 0) is 9.47 Å². The zero-order valence-corrected chi connectivity index (χ0v) is 13.4. The van der Waals surface area contributed by atoms with Crippen molar-refractivity contribution in [2.45, 2.75) is 13.0 Å². The molecule has 21 heavy (non-hydrogen) atoms. The highest BCUT2D eigenvalue weighted by molar-refractivity contribution is 7.19. The number of ether oxygens (including phenoxy) is 2. The summed E-state index contributed by atoms with van der Waals surface area (Å²) in [7, 11) is 4.67. The maximum atomic E-state index is 11.9. The van der Waals surface area contributed by atoms with Crippen molar-refractivity contribution in [3.63, 3.8) is 0 Å². The largest absolute Gasteiger partial charge is 0.397 e. The zero-order chi connectivity index (χ0) is 16.0. The van der Waals surface area contributed by atoms with E-state index in [1.54, 1.807) is 14.2 Å². The minimum absolute atomic E-state index is 0.170. The molecule has 4 N–H and O–H groups in total. The fourth-order valence-corrected chi connectivity index (χ4v) is 2.80. The minimum Gasteiger partial charge on any atom is -0.397 e. The smallest absolute Gasteiger partial charge is 0.256 e. The van der Waals surface area contributed by atoms with Gasteiger partial charge in [0.1, 0.15) is 5.00 Å². The quantitative estimate of drug-likeness (QED) is 0.618. The summed E-state index contributed by atoms with van der Waals surface area (Å²) < 4.78 is 10.3. The highest BCUT2D eigenvalue weighted by Gasteiger charge is 2.23. The van der Waals surface area contributed by atoms with Gasteiger partial charge in [-0.25, -0.2) is 0 Å². The highest BCUT2D eigenvalue weighted by atomic mass is 32.1. The van der Waals surface area contributed by atoms with Gasteiger partial charge in [-0.15, -0.1) is 11.3 Å². The van der Waals surface area contributed by atoms with E-state index < -0.39 is 0 Å². The fourth-order valence-electron chi connectivity index (χ4n) is 1.78. The Morgan fingerprint density at radius 2 is 2.05 bits per heavy atom. The number of Topliss-reactive ketones (excluding diaryl/α,β-unsaturated/α-hetero) is 1. The molecule has 1 amide bonds. The van der Waals surface area contributed by atoms with Gasteiger partial charge in [0, 0.05) is 34.7 Å². The first-order valence-electron chi connectivity index (χ1n) is 6.37. The van der Waals surface area contributed by atoms with Crippen molar-refractivity contribution in [2.24, 2.45) is 0 Å². The third kappa shape index (κ3) is 4.16. The molecule has 118 valence electrons.